The van der Waals surface area contributed by atoms with Crippen LogP contribution in [0.1, 0.15) is 35.1 Å². The summed E-state index contributed by atoms with van der Waals surface area (Å²) in [6, 6.07) is 51.0. The summed E-state index contributed by atoms with van der Waals surface area (Å²) in [5.74, 6) is -0.612. The van der Waals surface area contributed by atoms with Crippen molar-refractivity contribution in [3.8, 4) is 34.4 Å². The van der Waals surface area contributed by atoms with Crippen molar-refractivity contribution in [2.24, 2.45) is 0 Å². The second kappa shape index (κ2) is 10.6. The summed E-state index contributed by atoms with van der Waals surface area (Å²) in [5, 5.41) is 22.3. The molecule has 2 unspecified atom stereocenters. The summed E-state index contributed by atoms with van der Waals surface area (Å²) < 4.78 is 15.3. The molecule has 0 radical (unpaired) electrons. The Morgan fingerprint density at radius 3 is 1.74 bits per heavy atom. The minimum absolute atomic E-state index is 0.0956. The van der Waals surface area contributed by atoms with Gasteiger partial charge in [0, 0.05) is 16.7 Å². The molecule has 0 heterocycles. The van der Waals surface area contributed by atoms with Crippen molar-refractivity contribution in [2.45, 2.75) is 18.3 Å². The van der Waals surface area contributed by atoms with Gasteiger partial charge in [0.2, 0.25) is 0 Å². The van der Waals surface area contributed by atoms with Gasteiger partial charge in [-0.15, -0.1) is 0 Å². The van der Waals surface area contributed by atoms with Crippen LogP contribution in [0.15, 0.2) is 151 Å². The zero-order valence-corrected chi connectivity index (χ0v) is 25.1. The molecule has 0 saturated heterocycles. The Balaban J connectivity index is 1.42. The van der Waals surface area contributed by atoms with Crippen LogP contribution in [0.5, 0.6) is 0 Å². The highest BCUT2D eigenvalue weighted by atomic mass is 19.1. The van der Waals surface area contributed by atoms with Crippen LogP contribution < -0.4 is 0 Å². The van der Waals surface area contributed by atoms with Gasteiger partial charge in [-0.25, -0.2) is 4.39 Å². The summed E-state index contributed by atoms with van der Waals surface area (Å²) in [4.78, 5) is 0. The molecule has 0 fully saturated rings. The number of nitriles is 2. The molecule has 0 aromatic heterocycles. The van der Waals surface area contributed by atoms with Crippen LogP contribution in [0, 0.1) is 28.5 Å². The minimum atomic E-state index is -0.661. The summed E-state index contributed by atoms with van der Waals surface area (Å²) in [5.41, 5.74) is 10.3. The molecule has 6 aromatic carbocycles. The first-order valence-electron chi connectivity index (χ1n) is 15.4. The summed E-state index contributed by atoms with van der Waals surface area (Å²) in [6.07, 6.45) is 0. The van der Waals surface area contributed by atoms with Gasteiger partial charge in [0.25, 0.3) is 0 Å². The molecule has 2 aliphatic rings. The van der Waals surface area contributed by atoms with E-state index in [1.165, 1.54) is 0 Å². The zero-order chi connectivity index (χ0) is 31.4. The molecule has 0 aliphatic heterocycles. The SMILES string of the molecule is CC12C(=C(c3ccc(-c4ccccc4)cc3)C(=C(C#N)C#N)C1c1ccc(-c3ccccc3)cc1)c1cccc3c(F)ccc2c13. The Kier molecular flexibility index (Phi) is 6.31. The van der Waals surface area contributed by atoms with Crippen molar-refractivity contribution in [2.75, 3.05) is 0 Å². The lowest BCUT2D eigenvalue weighted by molar-refractivity contribution is 0.564. The maximum absolute atomic E-state index is 15.3. The van der Waals surface area contributed by atoms with Gasteiger partial charge >= 0.3 is 0 Å². The summed E-state index contributed by atoms with van der Waals surface area (Å²) >= 11 is 0. The summed E-state index contributed by atoms with van der Waals surface area (Å²) in [6.45, 7) is 2.20. The third-order valence-corrected chi connectivity index (χ3v) is 9.85. The fourth-order valence-electron chi connectivity index (χ4n) is 7.86. The van der Waals surface area contributed by atoms with Gasteiger partial charge in [-0.05, 0) is 72.7 Å². The summed E-state index contributed by atoms with van der Waals surface area (Å²) in [7, 11) is 0. The fourth-order valence-corrected chi connectivity index (χ4v) is 7.86. The number of fused-ring (bicyclic) bond motifs is 3. The average Bonchev–Trinajstić information content (AvgIpc) is 3.53. The molecule has 0 bridgehead atoms. The fraction of sp³-hybridized carbons (Fsp3) is 0.0698. The highest BCUT2D eigenvalue weighted by Crippen LogP contribution is 2.68. The normalized spacial score (nSPS) is 17.9. The number of hydrogen-bond donors (Lipinski definition) is 0. The maximum Gasteiger partial charge on any atom is 0.134 e. The molecule has 0 N–H and O–H groups in total. The van der Waals surface area contributed by atoms with Crippen molar-refractivity contribution >= 4 is 21.9 Å². The number of halogens is 1. The van der Waals surface area contributed by atoms with Crippen LogP contribution in [-0.4, -0.2) is 0 Å². The molecule has 6 aromatic rings. The molecule has 46 heavy (non-hydrogen) atoms. The van der Waals surface area contributed by atoms with Gasteiger partial charge in [0.1, 0.15) is 23.5 Å². The van der Waals surface area contributed by atoms with Crippen molar-refractivity contribution in [3.63, 3.8) is 0 Å². The largest absolute Gasteiger partial charge is 0.206 e. The zero-order valence-electron chi connectivity index (χ0n) is 25.1. The number of benzene rings is 6. The Morgan fingerprint density at radius 2 is 1.15 bits per heavy atom. The first-order valence-corrected chi connectivity index (χ1v) is 15.4. The van der Waals surface area contributed by atoms with Crippen LogP contribution in [0.3, 0.4) is 0 Å². The molecule has 0 saturated carbocycles. The van der Waals surface area contributed by atoms with Gasteiger partial charge in [0.05, 0.1) is 0 Å². The van der Waals surface area contributed by atoms with Gasteiger partial charge in [-0.2, -0.15) is 10.5 Å². The first kappa shape index (κ1) is 27.5. The first-order chi connectivity index (χ1) is 22.5. The van der Waals surface area contributed by atoms with Crippen LogP contribution in [-0.2, 0) is 5.41 Å². The van der Waals surface area contributed by atoms with Gasteiger partial charge in [-0.1, -0.05) is 140 Å². The highest BCUT2D eigenvalue weighted by Gasteiger charge is 2.55. The van der Waals surface area contributed by atoms with Gasteiger partial charge in [0.15, 0.2) is 0 Å². The Bertz CT molecular complexity index is 2300. The van der Waals surface area contributed by atoms with E-state index in [-0.39, 0.29) is 17.3 Å². The van der Waals surface area contributed by atoms with Crippen molar-refractivity contribution in [1.29, 1.82) is 10.5 Å². The molecular formula is C43H27FN2. The van der Waals surface area contributed by atoms with E-state index in [0.29, 0.717) is 5.39 Å². The average molecular weight is 591 g/mol. The van der Waals surface area contributed by atoms with Crippen LogP contribution in [0.25, 0.3) is 44.2 Å². The molecule has 0 spiro atoms. The Hall–Kier alpha value is -6.03. The molecule has 8 rings (SSSR count). The van der Waals surface area contributed by atoms with E-state index in [9.17, 15) is 10.5 Å². The second-order valence-electron chi connectivity index (χ2n) is 12.2. The van der Waals surface area contributed by atoms with Crippen LogP contribution in [0.4, 0.5) is 4.39 Å². The smallest absolute Gasteiger partial charge is 0.134 e. The monoisotopic (exact) mass is 590 g/mol. The third-order valence-electron chi connectivity index (χ3n) is 9.85. The topological polar surface area (TPSA) is 47.6 Å². The molecule has 216 valence electrons. The molecule has 2 aliphatic carbocycles. The molecular weight excluding hydrogens is 563 g/mol. The van der Waals surface area contributed by atoms with E-state index < -0.39 is 5.41 Å². The third kappa shape index (κ3) is 3.93. The Labute approximate surface area is 267 Å². The van der Waals surface area contributed by atoms with E-state index in [4.69, 9.17) is 0 Å². The van der Waals surface area contributed by atoms with Gasteiger partial charge < -0.3 is 0 Å². The van der Waals surface area contributed by atoms with Crippen molar-refractivity contribution < 1.29 is 4.39 Å². The molecule has 2 nitrogen and oxygen atoms in total. The standard InChI is InChI=1S/C43H27FN2/c1-43-36-23-24-37(44)34-13-8-14-35(40(34)36)42(43)38(31-19-15-29(16-20-31)27-9-4-2-5-10-27)39(33(25-45)26-46)41(43)32-21-17-30(18-22-32)28-11-6-3-7-12-28/h2-24,41H,1H3. The van der Waals surface area contributed by atoms with Crippen LogP contribution in [0.2, 0.25) is 0 Å². The van der Waals surface area contributed by atoms with Gasteiger partial charge in [-0.3, -0.25) is 0 Å². The van der Waals surface area contributed by atoms with Crippen molar-refractivity contribution in [1.82, 2.24) is 0 Å². The number of allylic oxidation sites excluding steroid dienone is 4. The number of hydrogen-bond acceptors (Lipinski definition) is 2. The predicted octanol–water partition coefficient (Wildman–Crippen LogP) is 10.6. The van der Waals surface area contributed by atoms with E-state index >= 15 is 4.39 Å². The second-order valence-corrected chi connectivity index (χ2v) is 12.2. The lowest BCUT2D eigenvalue weighted by atomic mass is 9.68. The molecule has 3 heteroatoms. The number of rotatable bonds is 4. The molecule has 2 atom stereocenters. The van der Waals surface area contributed by atoms with E-state index in [1.54, 1.807) is 6.07 Å². The minimum Gasteiger partial charge on any atom is -0.206 e. The maximum atomic E-state index is 15.3. The highest BCUT2D eigenvalue weighted by molar-refractivity contribution is 6.18. The van der Waals surface area contributed by atoms with E-state index in [2.05, 4.69) is 97.9 Å². The predicted molar refractivity (Wildman–Crippen MR) is 183 cm³/mol. The quantitative estimate of drug-likeness (QED) is 0.192. The van der Waals surface area contributed by atoms with E-state index in [1.807, 2.05) is 54.6 Å². The lowest BCUT2D eigenvalue weighted by Gasteiger charge is -2.33. The van der Waals surface area contributed by atoms with Crippen molar-refractivity contribution in [3.05, 3.63) is 179 Å². The molecule has 0 amide bonds. The van der Waals surface area contributed by atoms with Crippen LogP contribution >= 0.6 is 0 Å². The lowest BCUT2D eigenvalue weighted by Crippen LogP contribution is -2.26. The van der Waals surface area contributed by atoms with E-state index in [0.717, 1.165) is 66.6 Å². The number of nitrogens with zero attached hydrogens (tertiary/aromatic N) is 2. The Morgan fingerprint density at radius 1 is 0.609 bits per heavy atom.